The molecule has 2 aromatic rings. The van der Waals surface area contributed by atoms with Crippen molar-refractivity contribution in [3.05, 3.63) is 59.7 Å². The number of quaternary nitrogens is 1. The monoisotopic (exact) mass is 323 g/mol. The minimum Gasteiger partial charge on any atom is -0.544 e. The largest absolute Gasteiger partial charge is 0.544 e. The third-order valence-corrected chi connectivity index (χ3v) is 5.12. The van der Waals surface area contributed by atoms with Gasteiger partial charge in [-0.25, -0.2) is 0 Å². The van der Waals surface area contributed by atoms with Crippen LogP contribution in [0.4, 0.5) is 0 Å². The molecule has 122 valence electrons. The summed E-state index contributed by atoms with van der Waals surface area (Å²) in [4.78, 5) is 23.2. The lowest BCUT2D eigenvalue weighted by atomic mass is 9.98. The van der Waals surface area contributed by atoms with E-state index in [-0.39, 0.29) is 18.9 Å². The van der Waals surface area contributed by atoms with Crippen LogP contribution < -0.4 is 10.8 Å². The summed E-state index contributed by atoms with van der Waals surface area (Å²) in [6, 6.07) is 16.1. The number of benzene rings is 2. The van der Waals surface area contributed by atoms with Crippen molar-refractivity contribution in [3.8, 4) is 11.1 Å². The van der Waals surface area contributed by atoms with Crippen molar-refractivity contribution in [2.24, 2.45) is 5.92 Å². The molecule has 0 radical (unpaired) electrons. The van der Waals surface area contributed by atoms with Crippen molar-refractivity contribution >= 4 is 11.9 Å². The lowest BCUT2D eigenvalue weighted by molar-refractivity contribution is -0.456. The summed E-state index contributed by atoms with van der Waals surface area (Å²) in [5, 5.41) is 11.0. The Kier molecular flexibility index (Phi) is 3.21. The van der Waals surface area contributed by atoms with Gasteiger partial charge in [0.2, 0.25) is 0 Å². The molecule has 2 aromatic carbocycles. The fraction of sp³-hybridized carbons (Fsp3) is 0.263. The van der Waals surface area contributed by atoms with Gasteiger partial charge in [-0.3, -0.25) is 4.79 Å². The van der Waals surface area contributed by atoms with Crippen LogP contribution in [0.1, 0.15) is 23.5 Å². The Morgan fingerprint density at radius 3 is 2.12 bits per heavy atom. The van der Waals surface area contributed by atoms with E-state index in [0.29, 0.717) is 0 Å². The van der Waals surface area contributed by atoms with E-state index in [0.717, 1.165) is 22.3 Å². The number of aliphatic carboxylic acids is 1. The van der Waals surface area contributed by atoms with E-state index >= 15 is 0 Å². The summed E-state index contributed by atoms with van der Waals surface area (Å²) in [6.07, 6.45) is 0.187. The first-order valence-electron chi connectivity index (χ1n) is 7.94. The molecule has 0 spiro atoms. The highest BCUT2D eigenvalue weighted by Crippen LogP contribution is 2.45. The third-order valence-electron chi connectivity index (χ3n) is 5.12. The van der Waals surface area contributed by atoms with Crippen molar-refractivity contribution in [3.63, 3.8) is 0 Å². The van der Waals surface area contributed by atoms with Crippen molar-refractivity contribution < 1.29 is 25.2 Å². The summed E-state index contributed by atoms with van der Waals surface area (Å²) in [6.45, 7) is 0.201. The van der Waals surface area contributed by atoms with Crippen LogP contribution >= 0.6 is 0 Å². The molecule has 2 aliphatic carbocycles. The maximum Gasteiger partial charge on any atom is 0.316 e. The molecule has 2 atom stereocenters. The van der Waals surface area contributed by atoms with Crippen LogP contribution in [-0.2, 0) is 14.3 Å². The number of fused-ring (bicyclic) bond motifs is 3. The van der Waals surface area contributed by atoms with Crippen LogP contribution in [0.15, 0.2) is 48.5 Å². The lowest BCUT2D eigenvalue weighted by Gasteiger charge is -2.15. The Balaban J connectivity index is 1.54. The van der Waals surface area contributed by atoms with Crippen molar-refractivity contribution in [2.75, 3.05) is 6.61 Å². The number of carbonyl (C=O) groups is 2. The van der Waals surface area contributed by atoms with E-state index in [2.05, 4.69) is 17.9 Å². The number of carboxylic acids is 1. The van der Waals surface area contributed by atoms with Gasteiger partial charge in [0.15, 0.2) is 0 Å². The predicted molar refractivity (Wildman–Crippen MR) is 83.4 cm³/mol. The molecule has 2 aliphatic rings. The van der Waals surface area contributed by atoms with Gasteiger partial charge in [0.25, 0.3) is 0 Å². The van der Waals surface area contributed by atoms with Gasteiger partial charge in [-0.2, -0.15) is 0 Å². The average molecular weight is 323 g/mol. The first kappa shape index (κ1) is 14.9. The Hall–Kier alpha value is -2.66. The number of carboxylic acid groups (broad SMARTS) is 1. The van der Waals surface area contributed by atoms with Crippen molar-refractivity contribution in [2.45, 2.75) is 17.9 Å². The zero-order valence-corrected chi connectivity index (χ0v) is 13.0. The van der Waals surface area contributed by atoms with E-state index in [1.165, 1.54) is 0 Å². The molecule has 0 saturated heterocycles. The number of hydrogen-bond donors (Lipinski definition) is 1. The van der Waals surface area contributed by atoms with E-state index in [1.54, 1.807) is 0 Å². The SMILES string of the molecule is [NH3+][C@@]1(C(=O)[O-])C[C@@H]1C(=O)OCC1c2ccccc2-c2ccccc21. The summed E-state index contributed by atoms with van der Waals surface area (Å²) >= 11 is 0. The molecule has 5 nitrogen and oxygen atoms in total. The molecular weight excluding hydrogens is 306 g/mol. The molecule has 0 aliphatic heterocycles. The van der Waals surface area contributed by atoms with Gasteiger partial charge in [-0.1, -0.05) is 48.5 Å². The van der Waals surface area contributed by atoms with Crippen LogP contribution in [0.2, 0.25) is 0 Å². The second-order valence-corrected chi connectivity index (χ2v) is 6.56. The van der Waals surface area contributed by atoms with Crippen LogP contribution in [0.5, 0.6) is 0 Å². The first-order chi connectivity index (χ1) is 11.5. The summed E-state index contributed by atoms with van der Waals surface area (Å²) in [7, 11) is 0. The highest BCUT2D eigenvalue weighted by atomic mass is 16.5. The maximum absolute atomic E-state index is 12.2. The molecule has 1 fully saturated rings. The summed E-state index contributed by atoms with van der Waals surface area (Å²) in [5.41, 5.74) is 6.82. The average Bonchev–Trinajstić information content (AvgIpc) is 3.20. The van der Waals surface area contributed by atoms with Gasteiger partial charge in [-0.15, -0.1) is 0 Å². The highest BCUT2D eigenvalue weighted by Gasteiger charge is 2.62. The molecule has 0 heterocycles. The van der Waals surface area contributed by atoms with E-state index in [9.17, 15) is 14.7 Å². The highest BCUT2D eigenvalue weighted by molar-refractivity contribution is 5.91. The van der Waals surface area contributed by atoms with Gasteiger partial charge in [-0.05, 0) is 22.3 Å². The summed E-state index contributed by atoms with van der Waals surface area (Å²) < 4.78 is 5.44. The quantitative estimate of drug-likeness (QED) is 0.807. The normalized spacial score (nSPS) is 24.1. The van der Waals surface area contributed by atoms with Crippen LogP contribution in [0.25, 0.3) is 11.1 Å². The molecule has 1 saturated carbocycles. The van der Waals surface area contributed by atoms with Gasteiger partial charge in [0, 0.05) is 12.3 Å². The van der Waals surface area contributed by atoms with E-state index in [1.807, 2.05) is 36.4 Å². The van der Waals surface area contributed by atoms with Crippen molar-refractivity contribution in [1.29, 1.82) is 0 Å². The van der Waals surface area contributed by atoms with Gasteiger partial charge in [0.05, 0.1) is 0 Å². The van der Waals surface area contributed by atoms with Gasteiger partial charge >= 0.3 is 5.97 Å². The molecule has 0 bridgehead atoms. The number of carbonyl (C=O) groups excluding carboxylic acids is 2. The molecule has 5 heteroatoms. The molecular formula is C19H17NO4. The van der Waals surface area contributed by atoms with Gasteiger partial charge in [0.1, 0.15) is 24.0 Å². The zero-order chi connectivity index (χ0) is 16.9. The topological polar surface area (TPSA) is 94.1 Å². The van der Waals surface area contributed by atoms with Gasteiger partial charge < -0.3 is 20.4 Å². The molecule has 0 aromatic heterocycles. The minimum absolute atomic E-state index is 0.0257. The van der Waals surface area contributed by atoms with E-state index in [4.69, 9.17) is 4.74 Å². The maximum atomic E-state index is 12.2. The zero-order valence-electron chi connectivity index (χ0n) is 13.0. The second-order valence-electron chi connectivity index (χ2n) is 6.56. The Morgan fingerprint density at radius 2 is 1.62 bits per heavy atom. The van der Waals surface area contributed by atoms with Crippen molar-refractivity contribution in [1.82, 2.24) is 0 Å². The number of rotatable bonds is 4. The molecule has 24 heavy (non-hydrogen) atoms. The Bertz CT molecular complexity index is 801. The van der Waals surface area contributed by atoms with E-state index < -0.39 is 23.4 Å². The molecule has 3 N–H and O–H groups in total. The molecule has 0 unspecified atom stereocenters. The number of hydrogen-bond acceptors (Lipinski definition) is 4. The fourth-order valence-electron chi connectivity index (χ4n) is 3.55. The van der Waals surface area contributed by atoms with Crippen LogP contribution in [0, 0.1) is 5.92 Å². The smallest absolute Gasteiger partial charge is 0.316 e. The van der Waals surface area contributed by atoms with Crippen LogP contribution in [0.3, 0.4) is 0 Å². The third kappa shape index (κ3) is 2.12. The Morgan fingerprint density at radius 1 is 1.08 bits per heavy atom. The first-order valence-corrected chi connectivity index (χ1v) is 7.94. The summed E-state index contributed by atoms with van der Waals surface area (Å²) in [5.74, 6) is -2.52. The fourth-order valence-corrected chi connectivity index (χ4v) is 3.55. The predicted octanol–water partition coefficient (Wildman–Crippen LogP) is 0.0926. The lowest BCUT2D eigenvalue weighted by Crippen LogP contribution is -2.72. The number of ether oxygens (including phenoxy) is 1. The second kappa shape index (κ2) is 5.18. The Labute approximate surface area is 139 Å². The minimum atomic E-state index is -1.32. The molecule has 0 amide bonds. The van der Waals surface area contributed by atoms with Crippen LogP contribution in [-0.4, -0.2) is 24.1 Å². The number of esters is 1. The molecule has 4 rings (SSSR count). The standard InChI is InChI=1S/C19H17NO4/c20-19(18(22)23)9-16(19)17(21)24-10-15-13-7-3-1-5-11(13)12-6-2-4-8-14(12)15/h1-8,15-16H,9-10,20H2,(H,22,23)/t16-,19+/m1/s1.